The number of likely N-dealkylation sites (tertiary alicyclic amines) is 2. The van der Waals surface area contributed by atoms with Crippen molar-refractivity contribution in [3.05, 3.63) is 154 Å². The number of methoxy groups -OCH3 is 1. The molecule has 3 atom stereocenters. The third-order valence-electron chi connectivity index (χ3n) is 11.9. The van der Waals surface area contributed by atoms with E-state index in [1.54, 1.807) is 36.9 Å². The molecule has 15 heteroatoms. The molecule has 2 amide bonds. The van der Waals surface area contributed by atoms with Gasteiger partial charge in [0, 0.05) is 104 Å². The molecule has 9 rings (SSSR count). The molecule has 0 saturated carbocycles. The number of aromatic nitrogens is 4. The summed E-state index contributed by atoms with van der Waals surface area (Å²) in [6, 6.07) is 23.6. The molecule has 0 aliphatic carbocycles. The summed E-state index contributed by atoms with van der Waals surface area (Å²) in [5.41, 5.74) is 3.83. The number of hydrogen-bond acceptors (Lipinski definition) is 10. The number of amides is 2. The van der Waals surface area contributed by atoms with E-state index in [1.807, 2.05) is 80.6 Å². The van der Waals surface area contributed by atoms with E-state index in [4.69, 9.17) is 9.15 Å². The molecule has 324 valence electrons. The Kier molecular flexibility index (Phi) is 12.3. The SMILES string of the molecule is COc1ccc(-c2cocc3c(CC4(O)CCN(C(=O)[C@@H]5CCN(C(=O)c6sc(-c7ccc(C)nc7)nc6C)C[C@H]5c5ccccc5)CC4(F)F)cnc2-3)cc1.O=c1cc[nH]cc1. The molecule has 0 spiro atoms. The highest BCUT2D eigenvalue weighted by Gasteiger charge is 2.57. The lowest BCUT2D eigenvalue weighted by atomic mass is 9.78. The quantitative estimate of drug-likeness (QED) is 0.154. The number of fused-ring (bicyclic) bond motifs is 1. The number of aryl methyl sites for hydroxylation is 2. The van der Waals surface area contributed by atoms with Crippen molar-refractivity contribution in [2.45, 2.75) is 50.6 Å². The van der Waals surface area contributed by atoms with Gasteiger partial charge in [-0.3, -0.25) is 24.4 Å². The third-order valence-corrected chi connectivity index (χ3v) is 13.1. The van der Waals surface area contributed by atoms with Gasteiger partial charge in [-0.05, 0) is 61.2 Å². The van der Waals surface area contributed by atoms with Gasteiger partial charge in [0.2, 0.25) is 5.91 Å². The number of nitrogens with zero attached hydrogens (tertiary/aromatic N) is 5. The number of hydrogen-bond donors (Lipinski definition) is 2. The summed E-state index contributed by atoms with van der Waals surface area (Å²) in [7, 11) is 1.58. The molecule has 5 aromatic rings. The van der Waals surface area contributed by atoms with E-state index >= 15 is 8.78 Å². The average Bonchev–Trinajstić information content (AvgIpc) is 3.90. The first-order chi connectivity index (χ1) is 30.3. The number of halogens is 2. The molecule has 4 aliphatic heterocycles. The van der Waals surface area contributed by atoms with Gasteiger partial charge in [0.15, 0.2) is 5.43 Å². The van der Waals surface area contributed by atoms with E-state index in [0.717, 1.165) is 22.4 Å². The first kappa shape index (κ1) is 43.1. The van der Waals surface area contributed by atoms with Crippen molar-refractivity contribution in [1.29, 1.82) is 0 Å². The summed E-state index contributed by atoms with van der Waals surface area (Å²) in [5.74, 6) is -4.57. The summed E-state index contributed by atoms with van der Waals surface area (Å²) in [6.07, 6.45) is 9.06. The van der Waals surface area contributed by atoms with Crippen molar-refractivity contribution in [2.75, 3.05) is 33.3 Å². The second kappa shape index (κ2) is 18.0. The average molecular weight is 873 g/mol. The Morgan fingerprint density at radius 2 is 1.65 bits per heavy atom. The van der Waals surface area contributed by atoms with Crippen LogP contribution < -0.4 is 10.2 Å². The van der Waals surface area contributed by atoms with Crippen LogP contribution >= 0.6 is 11.3 Å². The van der Waals surface area contributed by atoms with Gasteiger partial charge in [-0.25, -0.2) is 13.8 Å². The fourth-order valence-corrected chi connectivity index (χ4v) is 9.37. The number of aromatic amines is 1. The number of piperidine rings is 2. The van der Waals surface area contributed by atoms with Crippen LogP contribution in [0.5, 0.6) is 5.75 Å². The zero-order valence-electron chi connectivity index (χ0n) is 35.0. The Morgan fingerprint density at radius 1 is 0.921 bits per heavy atom. The lowest BCUT2D eigenvalue weighted by molar-refractivity contribution is -0.217. The molecule has 1 unspecified atom stereocenters. The number of aliphatic hydroxyl groups is 1. The van der Waals surface area contributed by atoms with Gasteiger partial charge in [-0.2, -0.15) is 0 Å². The number of carbonyl (C=O) groups excluding carboxylic acids is 2. The van der Waals surface area contributed by atoms with Crippen molar-refractivity contribution < 1.29 is 32.6 Å². The largest absolute Gasteiger partial charge is 0.497 e. The van der Waals surface area contributed by atoms with Crippen molar-refractivity contribution >= 4 is 23.2 Å². The van der Waals surface area contributed by atoms with Gasteiger partial charge < -0.3 is 29.0 Å². The molecule has 3 aromatic heterocycles. The molecule has 0 radical (unpaired) electrons. The zero-order chi connectivity index (χ0) is 44.3. The van der Waals surface area contributed by atoms with Crippen molar-refractivity contribution in [2.24, 2.45) is 5.92 Å². The molecule has 63 heavy (non-hydrogen) atoms. The first-order valence-electron chi connectivity index (χ1n) is 20.6. The summed E-state index contributed by atoms with van der Waals surface area (Å²) >= 11 is 1.31. The normalized spacial score (nSPS) is 19.6. The number of carbonyl (C=O) groups is 2. The summed E-state index contributed by atoms with van der Waals surface area (Å²) in [5, 5.41) is 12.3. The van der Waals surface area contributed by atoms with Crippen LogP contribution in [0.1, 0.15) is 50.9 Å². The molecule has 2 saturated heterocycles. The number of thiazole rings is 1. The summed E-state index contributed by atoms with van der Waals surface area (Å²) < 4.78 is 43.4. The Hall–Kier alpha value is -6.58. The predicted octanol–water partition coefficient (Wildman–Crippen LogP) is 8.05. The topological polar surface area (TPSA) is 155 Å². The van der Waals surface area contributed by atoms with Crippen molar-refractivity contribution in [1.82, 2.24) is 29.7 Å². The maximum Gasteiger partial charge on any atom is 0.293 e. The van der Waals surface area contributed by atoms with Crippen LogP contribution in [0.3, 0.4) is 0 Å². The van der Waals surface area contributed by atoms with Crippen LogP contribution in [-0.2, 0) is 11.2 Å². The Morgan fingerprint density at radius 3 is 2.32 bits per heavy atom. The molecule has 12 nitrogen and oxygen atoms in total. The van der Waals surface area contributed by atoms with Gasteiger partial charge in [-0.15, -0.1) is 11.3 Å². The molecule has 2 aromatic carbocycles. The molecular formula is C48H46F2N6O6S. The van der Waals surface area contributed by atoms with E-state index in [0.29, 0.717) is 50.1 Å². The number of alkyl halides is 2. The molecule has 7 heterocycles. The first-order valence-corrected chi connectivity index (χ1v) is 21.4. The number of benzene rings is 2. The van der Waals surface area contributed by atoms with E-state index in [9.17, 15) is 19.5 Å². The van der Waals surface area contributed by atoms with Crippen LogP contribution in [0.15, 0.2) is 125 Å². The highest BCUT2D eigenvalue weighted by Crippen LogP contribution is 2.44. The van der Waals surface area contributed by atoms with E-state index < -0.39 is 35.8 Å². The maximum atomic E-state index is 16.2. The maximum absolute atomic E-state index is 16.2. The van der Waals surface area contributed by atoms with Crippen molar-refractivity contribution in [3.8, 4) is 38.7 Å². The van der Waals surface area contributed by atoms with Crippen molar-refractivity contribution in [3.63, 3.8) is 0 Å². The number of ether oxygens (including phenoxy) is 1. The smallest absolute Gasteiger partial charge is 0.293 e. The van der Waals surface area contributed by atoms with Crippen LogP contribution in [0.4, 0.5) is 8.78 Å². The van der Waals surface area contributed by atoms with Gasteiger partial charge in [-0.1, -0.05) is 42.5 Å². The lowest BCUT2D eigenvalue weighted by Crippen LogP contribution is -2.63. The highest BCUT2D eigenvalue weighted by molar-refractivity contribution is 7.17. The Balaban J connectivity index is 0.000000710. The van der Waals surface area contributed by atoms with E-state index in [2.05, 4.69) is 19.9 Å². The minimum absolute atomic E-state index is 0.0405. The second-order valence-electron chi connectivity index (χ2n) is 16.0. The summed E-state index contributed by atoms with van der Waals surface area (Å²) in [6.45, 7) is 3.27. The monoisotopic (exact) mass is 872 g/mol. The molecule has 0 bridgehead atoms. The van der Waals surface area contributed by atoms with E-state index in [-0.39, 0.29) is 43.8 Å². The Bertz CT molecular complexity index is 2710. The Labute approximate surface area is 366 Å². The predicted molar refractivity (Wildman–Crippen MR) is 235 cm³/mol. The fraction of sp³-hybridized carbons (Fsp3) is 0.292. The zero-order valence-corrected chi connectivity index (χ0v) is 35.8. The van der Waals surface area contributed by atoms with Crippen LogP contribution in [0.2, 0.25) is 0 Å². The molecular weight excluding hydrogens is 827 g/mol. The number of pyridine rings is 2. The minimum atomic E-state index is -3.62. The van der Waals surface area contributed by atoms with Gasteiger partial charge in [0.1, 0.15) is 27.5 Å². The van der Waals surface area contributed by atoms with Gasteiger partial charge in [0.25, 0.3) is 11.8 Å². The fourth-order valence-electron chi connectivity index (χ4n) is 8.34. The minimum Gasteiger partial charge on any atom is -0.497 e. The van der Waals surface area contributed by atoms with E-state index in [1.165, 1.54) is 40.8 Å². The molecule has 4 aliphatic rings. The number of H-pyrrole nitrogens is 1. The van der Waals surface area contributed by atoms with Crippen LogP contribution in [0, 0.1) is 19.8 Å². The van der Waals surface area contributed by atoms with Gasteiger partial charge in [0.05, 0.1) is 31.3 Å². The third kappa shape index (κ3) is 9.02. The van der Waals surface area contributed by atoms with Gasteiger partial charge >= 0.3 is 0 Å². The highest BCUT2D eigenvalue weighted by atomic mass is 32.1. The molecule has 2 fully saturated rings. The molecule has 2 N–H and O–H groups in total. The second-order valence-corrected chi connectivity index (χ2v) is 17.0. The number of rotatable bonds is 8. The van der Waals surface area contributed by atoms with Crippen LogP contribution in [0.25, 0.3) is 33.0 Å². The summed E-state index contributed by atoms with van der Waals surface area (Å²) in [4.78, 5) is 58.3. The standard InChI is InChI=1S/C43H41F2N5O5S.C5H5NO/c1-26-9-10-30(20-46-26)39-48-27(2)38(56-39)41(52)49-17-15-33(34(22-49)28-7-5-4-6-8-28)40(51)50-18-16-42(53,43(44,45)25-50)19-31-21-47-37-35(23-55-24-36(31)37)29-11-13-32(54-3)14-12-29;7-5-1-3-6-4-2-5/h4-14,20-21,23-24,33-34,53H,15-19,22,25H2,1-3H3;1-4H,(H,6,7)/t33-,34+,42?;/m1./s1. The lowest BCUT2D eigenvalue weighted by Gasteiger charge is -2.46. The number of nitrogens with one attached hydrogen (secondary N) is 1. The van der Waals surface area contributed by atoms with Crippen LogP contribution in [-0.4, -0.2) is 91.5 Å².